The molecular weight excluding hydrogens is 332 g/mol. The third-order valence-corrected chi connectivity index (χ3v) is 4.65. The smallest absolute Gasteiger partial charge is 0.250 e. The number of hydrogen-bond donors (Lipinski definition) is 1. The zero-order valence-corrected chi connectivity index (χ0v) is 14.2. The van der Waals surface area contributed by atoms with Crippen LogP contribution in [0.3, 0.4) is 0 Å². The highest BCUT2D eigenvalue weighted by molar-refractivity contribution is 9.10. The second-order valence-electron chi connectivity index (χ2n) is 5.48. The summed E-state index contributed by atoms with van der Waals surface area (Å²) in [7, 11) is 0. The quantitative estimate of drug-likeness (QED) is 0.904. The number of amides is 2. The van der Waals surface area contributed by atoms with Gasteiger partial charge in [0.15, 0.2) is 0 Å². The maximum atomic E-state index is 12.8. The van der Waals surface area contributed by atoms with Crippen LogP contribution in [0.4, 0.5) is 5.69 Å². The van der Waals surface area contributed by atoms with E-state index in [0.717, 1.165) is 16.6 Å². The van der Waals surface area contributed by atoms with E-state index in [1.807, 2.05) is 45.0 Å². The topological polar surface area (TPSA) is 49.4 Å². The number of anilines is 1. The van der Waals surface area contributed by atoms with E-state index in [1.165, 1.54) is 0 Å². The molecule has 4 nitrogen and oxygen atoms in total. The highest BCUT2D eigenvalue weighted by Gasteiger charge is 2.42. The summed E-state index contributed by atoms with van der Waals surface area (Å²) in [5.74, 6) is 0.0423. The van der Waals surface area contributed by atoms with Crippen molar-refractivity contribution in [3.63, 3.8) is 0 Å². The molecule has 0 aliphatic carbocycles. The van der Waals surface area contributed by atoms with Gasteiger partial charge in [0.2, 0.25) is 5.91 Å². The lowest BCUT2D eigenvalue weighted by atomic mass is 9.93. The first kappa shape index (κ1) is 16.0. The molecule has 1 aromatic rings. The van der Waals surface area contributed by atoms with Gasteiger partial charge in [0.1, 0.15) is 12.1 Å². The summed E-state index contributed by atoms with van der Waals surface area (Å²) in [6, 6.07) is 6.65. The van der Waals surface area contributed by atoms with E-state index in [9.17, 15) is 9.59 Å². The van der Waals surface area contributed by atoms with Gasteiger partial charge < -0.3 is 5.32 Å². The number of hydrogen-bond acceptors (Lipinski definition) is 2. The van der Waals surface area contributed by atoms with Gasteiger partial charge in [0.05, 0.1) is 0 Å². The maximum absolute atomic E-state index is 12.8. The molecular formula is C16H21BrN2O2. The molecule has 0 aromatic heterocycles. The van der Waals surface area contributed by atoms with Crippen molar-refractivity contribution in [3.05, 3.63) is 28.7 Å². The molecule has 1 aliphatic heterocycles. The van der Waals surface area contributed by atoms with Crippen molar-refractivity contribution in [2.75, 3.05) is 4.90 Å². The Hall–Kier alpha value is -1.36. The summed E-state index contributed by atoms with van der Waals surface area (Å²) in [6.07, 6.45) is 1.45. The molecule has 1 saturated heterocycles. The summed E-state index contributed by atoms with van der Waals surface area (Å²) in [5, 5.41) is 2.89. The predicted octanol–water partition coefficient (Wildman–Crippen LogP) is 3.11. The van der Waals surface area contributed by atoms with Crippen molar-refractivity contribution in [2.24, 2.45) is 5.92 Å². The number of nitrogens with zero attached hydrogens (tertiary/aromatic N) is 1. The van der Waals surface area contributed by atoms with E-state index < -0.39 is 12.1 Å². The molecule has 0 radical (unpaired) electrons. The van der Waals surface area contributed by atoms with E-state index in [1.54, 1.807) is 4.90 Å². The van der Waals surface area contributed by atoms with Crippen LogP contribution in [0.1, 0.15) is 33.6 Å². The summed E-state index contributed by atoms with van der Waals surface area (Å²) in [6.45, 7) is 5.95. The van der Waals surface area contributed by atoms with Crippen molar-refractivity contribution in [1.29, 1.82) is 0 Å². The molecule has 2 rings (SSSR count). The fourth-order valence-electron chi connectivity index (χ4n) is 2.63. The fraction of sp³-hybridized carbons (Fsp3) is 0.500. The lowest BCUT2D eigenvalue weighted by Gasteiger charge is -2.40. The summed E-state index contributed by atoms with van der Waals surface area (Å²) in [5.41, 5.74) is 0.776. The molecule has 1 heterocycles. The minimum absolute atomic E-state index is 0.0156. The van der Waals surface area contributed by atoms with Gasteiger partial charge >= 0.3 is 0 Å². The van der Waals surface area contributed by atoms with Gasteiger partial charge in [-0.3, -0.25) is 14.5 Å². The molecule has 0 bridgehead atoms. The average Bonchev–Trinajstić information content (AvgIpc) is 2.49. The molecule has 1 N–H and O–H groups in total. The first-order valence-electron chi connectivity index (χ1n) is 7.38. The van der Waals surface area contributed by atoms with E-state index in [0.29, 0.717) is 6.42 Å². The van der Waals surface area contributed by atoms with E-state index in [4.69, 9.17) is 0 Å². The molecule has 0 spiro atoms. The zero-order valence-electron chi connectivity index (χ0n) is 12.6. The number of rotatable bonds is 4. The van der Waals surface area contributed by atoms with Crippen LogP contribution in [0.25, 0.3) is 0 Å². The number of piperazine rings is 1. The number of nitrogens with one attached hydrogen (secondary N) is 1. The second-order valence-corrected chi connectivity index (χ2v) is 6.40. The summed E-state index contributed by atoms with van der Waals surface area (Å²) >= 11 is 3.39. The molecule has 1 aliphatic rings. The summed E-state index contributed by atoms with van der Waals surface area (Å²) in [4.78, 5) is 26.8. The van der Waals surface area contributed by atoms with Gasteiger partial charge in [-0.2, -0.15) is 0 Å². The molecule has 1 fully saturated rings. The Labute approximate surface area is 134 Å². The SMILES string of the molecule is CCC(C)C1NC(=O)C(CC)N(c2ccc(Br)cc2)C1=O. The number of carbonyl (C=O) groups is 2. The molecule has 21 heavy (non-hydrogen) atoms. The van der Waals surface area contributed by atoms with Crippen molar-refractivity contribution in [1.82, 2.24) is 5.32 Å². The molecule has 2 amide bonds. The van der Waals surface area contributed by atoms with Crippen LogP contribution in [0, 0.1) is 5.92 Å². The van der Waals surface area contributed by atoms with Gasteiger partial charge in [-0.25, -0.2) is 0 Å². The highest BCUT2D eigenvalue weighted by Crippen LogP contribution is 2.27. The molecule has 3 unspecified atom stereocenters. The standard InChI is InChI=1S/C16H21BrN2O2/c1-4-10(3)14-16(21)19(13(5-2)15(20)18-14)12-8-6-11(17)7-9-12/h6-10,13-14H,4-5H2,1-3H3,(H,18,20). The molecule has 0 saturated carbocycles. The van der Waals surface area contributed by atoms with Crippen LogP contribution in [-0.2, 0) is 9.59 Å². The Morgan fingerprint density at radius 3 is 2.38 bits per heavy atom. The maximum Gasteiger partial charge on any atom is 0.250 e. The summed E-state index contributed by atoms with van der Waals surface area (Å²) < 4.78 is 0.951. The minimum atomic E-state index is -0.436. The monoisotopic (exact) mass is 352 g/mol. The normalized spacial score (nSPS) is 23.9. The van der Waals surface area contributed by atoms with Crippen molar-refractivity contribution >= 4 is 33.4 Å². The van der Waals surface area contributed by atoms with Gasteiger partial charge in [-0.05, 0) is 36.6 Å². The second kappa shape index (κ2) is 6.60. The number of carbonyl (C=O) groups excluding carboxylic acids is 2. The Morgan fingerprint density at radius 1 is 1.24 bits per heavy atom. The zero-order chi connectivity index (χ0) is 15.6. The van der Waals surface area contributed by atoms with Crippen LogP contribution in [-0.4, -0.2) is 23.9 Å². The van der Waals surface area contributed by atoms with E-state index in [-0.39, 0.29) is 17.7 Å². The van der Waals surface area contributed by atoms with Crippen LogP contribution in [0.5, 0.6) is 0 Å². The van der Waals surface area contributed by atoms with Crippen molar-refractivity contribution < 1.29 is 9.59 Å². The first-order chi connectivity index (χ1) is 9.99. The minimum Gasteiger partial charge on any atom is -0.342 e. The van der Waals surface area contributed by atoms with Gasteiger partial charge in [0.25, 0.3) is 5.91 Å². The first-order valence-corrected chi connectivity index (χ1v) is 8.17. The lowest BCUT2D eigenvalue weighted by molar-refractivity contribution is -0.135. The van der Waals surface area contributed by atoms with Crippen LogP contribution in [0.2, 0.25) is 0 Å². The fourth-order valence-corrected chi connectivity index (χ4v) is 2.89. The van der Waals surface area contributed by atoms with Gasteiger partial charge in [-0.1, -0.05) is 43.1 Å². The Morgan fingerprint density at radius 2 is 1.86 bits per heavy atom. The third-order valence-electron chi connectivity index (χ3n) is 4.12. The largest absolute Gasteiger partial charge is 0.342 e. The highest BCUT2D eigenvalue weighted by atomic mass is 79.9. The molecule has 114 valence electrons. The third kappa shape index (κ3) is 3.12. The van der Waals surface area contributed by atoms with Gasteiger partial charge in [0, 0.05) is 10.2 Å². The van der Waals surface area contributed by atoms with E-state index in [2.05, 4.69) is 21.2 Å². The molecule has 3 atom stereocenters. The molecule has 1 aromatic carbocycles. The molecule has 5 heteroatoms. The van der Waals surface area contributed by atoms with E-state index >= 15 is 0 Å². The average molecular weight is 353 g/mol. The Balaban J connectivity index is 2.39. The van der Waals surface area contributed by atoms with Crippen LogP contribution < -0.4 is 10.2 Å². The number of benzene rings is 1. The van der Waals surface area contributed by atoms with Crippen molar-refractivity contribution in [3.8, 4) is 0 Å². The predicted molar refractivity (Wildman–Crippen MR) is 87.1 cm³/mol. The van der Waals surface area contributed by atoms with Gasteiger partial charge in [-0.15, -0.1) is 0 Å². The number of halogens is 1. The van der Waals surface area contributed by atoms with Crippen LogP contribution >= 0.6 is 15.9 Å². The van der Waals surface area contributed by atoms with Crippen molar-refractivity contribution in [2.45, 2.75) is 45.7 Å². The Kier molecular flexibility index (Phi) is 5.04. The lowest BCUT2D eigenvalue weighted by Crippen LogP contribution is -2.65. The Bertz CT molecular complexity index is 530. The van der Waals surface area contributed by atoms with Crippen LogP contribution in [0.15, 0.2) is 28.7 Å².